The lowest BCUT2D eigenvalue weighted by molar-refractivity contribution is 0.122. The molecular formula is C27H39F2N7O. The van der Waals surface area contributed by atoms with Crippen LogP contribution in [-0.4, -0.2) is 65.5 Å². The molecule has 2 aliphatic rings. The van der Waals surface area contributed by atoms with Gasteiger partial charge in [0.25, 0.3) is 6.43 Å². The van der Waals surface area contributed by atoms with Gasteiger partial charge in [-0.25, -0.2) is 13.8 Å². The highest BCUT2D eigenvalue weighted by Gasteiger charge is 2.23. The molecule has 5 rings (SSSR count). The van der Waals surface area contributed by atoms with Crippen LogP contribution in [0.2, 0.25) is 0 Å². The largest absolute Gasteiger partial charge is 0.378 e. The summed E-state index contributed by atoms with van der Waals surface area (Å²) in [5.74, 6) is 1.86. The van der Waals surface area contributed by atoms with E-state index in [2.05, 4.69) is 39.3 Å². The van der Waals surface area contributed by atoms with Crippen molar-refractivity contribution in [1.29, 1.82) is 0 Å². The van der Waals surface area contributed by atoms with Gasteiger partial charge >= 0.3 is 0 Å². The first-order chi connectivity index (χ1) is 18.0. The third-order valence-corrected chi connectivity index (χ3v) is 6.90. The number of ether oxygens (including phenoxy) is 1. The number of nitrogens with one attached hydrogen (secondary N) is 2. The van der Waals surface area contributed by atoms with Crippen LogP contribution in [0.25, 0.3) is 16.9 Å². The van der Waals surface area contributed by atoms with Gasteiger partial charge in [-0.2, -0.15) is 9.97 Å². The molecule has 2 fully saturated rings. The lowest BCUT2D eigenvalue weighted by Gasteiger charge is -2.28. The van der Waals surface area contributed by atoms with Gasteiger partial charge in [0.1, 0.15) is 11.6 Å². The third kappa shape index (κ3) is 7.13. The Morgan fingerprint density at radius 1 is 1.00 bits per heavy atom. The molecule has 0 radical (unpaired) electrons. The molecule has 1 aromatic carbocycles. The van der Waals surface area contributed by atoms with Crippen molar-refractivity contribution in [3.05, 3.63) is 36.2 Å². The normalized spacial score (nSPS) is 16.8. The second-order valence-corrected chi connectivity index (χ2v) is 9.93. The Morgan fingerprint density at radius 2 is 1.68 bits per heavy atom. The van der Waals surface area contributed by atoms with Crippen molar-refractivity contribution in [1.82, 2.24) is 24.8 Å². The number of hydrogen-bond acceptors (Lipinski definition) is 7. The number of fused-ring (bicyclic) bond motifs is 1. The van der Waals surface area contributed by atoms with E-state index in [4.69, 9.17) is 9.72 Å². The number of para-hydroxylation sites is 2. The van der Waals surface area contributed by atoms with E-state index < -0.39 is 6.43 Å². The fourth-order valence-electron chi connectivity index (χ4n) is 4.63. The van der Waals surface area contributed by atoms with Crippen LogP contribution < -0.4 is 15.5 Å². The number of morpholine rings is 1. The van der Waals surface area contributed by atoms with Crippen molar-refractivity contribution < 1.29 is 13.5 Å². The standard InChI is InChI=1S/C23H28F2N6O.C4H11N/c24-21(25)22-27-17-8-4-5-9-18(17)31(22)20-14-19(30-10-12-32-13-11-30)28-23(29-20)26-15-16-6-2-1-3-7-16;1-4(2)5-3/h4-5,8-9,14,16,21H,1-3,6-7,10-13,15H2,(H,26,28,29);4-5H,1-3H3. The molecule has 0 amide bonds. The molecule has 202 valence electrons. The third-order valence-electron chi connectivity index (χ3n) is 6.90. The number of nitrogens with zero attached hydrogens (tertiary/aromatic N) is 5. The highest BCUT2D eigenvalue weighted by atomic mass is 19.3. The molecular weight excluding hydrogens is 476 g/mol. The number of imidazole rings is 1. The van der Waals surface area contributed by atoms with Crippen LogP contribution in [0.4, 0.5) is 20.5 Å². The highest BCUT2D eigenvalue weighted by molar-refractivity contribution is 5.78. The topological polar surface area (TPSA) is 80.1 Å². The molecule has 37 heavy (non-hydrogen) atoms. The van der Waals surface area contributed by atoms with E-state index in [1.807, 2.05) is 13.1 Å². The Morgan fingerprint density at radius 3 is 2.35 bits per heavy atom. The van der Waals surface area contributed by atoms with Gasteiger partial charge in [-0.15, -0.1) is 0 Å². The molecule has 1 saturated heterocycles. The van der Waals surface area contributed by atoms with E-state index in [9.17, 15) is 8.78 Å². The second kappa shape index (κ2) is 13.1. The molecule has 10 heteroatoms. The molecule has 2 aromatic heterocycles. The number of benzene rings is 1. The van der Waals surface area contributed by atoms with Crippen molar-refractivity contribution >= 4 is 22.8 Å². The van der Waals surface area contributed by atoms with Crippen molar-refractivity contribution in [3.63, 3.8) is 0 Å². The summed E-state index contributed by atoms with van der Waals surface area (Å²) in [6.07, 6.45) is 3.49. The SMILES string of the molecule is CNC(C)C.FC(F)c1nc2ccccc2n1-c1cc(N2CCOCC2)nc(NCC2CCCCC2)n1. The molecule has 2 N–H and O–H groups in total. The van der Waals surface area contributed by atoms with E-state index in [-0.39, 0.29) is 5.82 Å². The zero-order valence-corrected chi connectivity index (χ0v) is 22.1. The van der Waals surface area contributed by atoms with Crippen LogP contribution in [0, 0.1) is 5.92 Å². The summed E-state index contributed by atoms with van der Waals surface area (Å²) in [4.78, 5) is 15.7. The first-order valence-electron chi connectivity index (χ1n) is 13.3. The Kier molecular flexibility index (Phi) is 9.62. The molecule has 1 aliphatic heterocycles. The number of hydrogen-bond donors (Lipinski definition) is 2. The van der Waals surface area contributed by atoms with Gasteiger partial charge in [-0.05, 0) is 37.9 Å². The number of anilines is 2. The molecule has 3 aromatic rings. The van der Waals surface area contributed by atoms with Crippen molar-refractivity contribution in [2.24, 2.45) is 5.92 Å². The van der Waals surface area contributed by atoms with E-state index >= 15 is 0 Å². The van der Waals surface area contributed by atoms with E-state index in [0.29, 0.717) is 66.9 Å². The number of rotatable bonds is 7. The van der Waals surface area contributed by atoms with E-state index in [1.54, 1.807) is 24.3 Å². The van der Waals surface area contributed by atoms with E-state index in [1.165, 1.54) is 36.7 Å². The summed E-state index contributed by atoms with van der Waals surface area (Å²) >= 11 is 0. The van der Waals surface area contributed by atoms with Crippen molar-refractivity contribution in [3.8, 4) is 5.82 Å². The van der Waals surface area contributed by atoms with Crippen LogP contribution in [0.15, 0.2) is 30.3 Å². The quantitative estimate of drug-likeness (QED) is 0.448. The summed E-state index contributed by atoms with van der Waals surface area (Å²) in [6.45, 7) is 7.63. The average Bonchev–Trinajstić information content (AvgIpc) is 3.33. The summed E-state index contributed by atoms with van der Waals surface area (Å²) in [7, 11) is 1.95. The lowest BCUT2D eigenvalue weighted by Crippen LogP contribution is -2.37. The van der Waals surface area contributed by atoms with Crippen LogP contribution in [0.1, 0.15) is 58.2 Å². The maximum atomic E-state index is 13.9. The summed E-state index contributed by atoms with van der Waals surface area (Å²) in [6, 6.07) is 9.56. The molecule has 0 spiro atoms. The molecule has 8 nitrogen and oxygen atoms in total. The van der Waals surface area contributed by atoms with Gasteiger partial charge < -0.3 is 20.3 Å². The first-order valence-corrected chi connectivity index (χ1v) is 13.3. The van der Waals surface area contributed by atoms with E-state index in [0.717, 1.165) is 6.54 Å². The molecule has 0 bridgehead atoms. The summed E-state index contributed by atoms with van der Waals surface area (Å²) < 4.78 is 34.8. The monoisotopic (exact) mass is 515 g/mol. The van der Waals surface area contributed by atoms with Gasteiger partial charge in [-0.1, -0.05) is 45.2 Å². The Labute approximate surface area is 217 Å². The minimum atomic E-state index is -2.72. The highest BCUT2D eigenvalue weighted by Crippen LogP contribution is 2.30. The van der Waals surface area contributed by atoms with Crippen LogP contribution in [0.3, 0.4) is 0 Å². The van der Waals surface area contributed by atoms with Gasteiger partial charge in [0.2, 0.25) is 5.95 Å². The van der Waals surface area contributed by atoms with Crippen LogP contribution in [-0.2, 0) is 4.74 Å². The summed E-state index contributed by atoms with van der Waals surface area (Å²) in [5.41, 5.74) is 1.12. The predicted octanol–water partition coefficient (Wildman–Crippen LogP) is 5.20. The number of halogens is 2. The second-order valence-electron chi connectivity index (χ2n) is 9.93. The van der Waals surface area contributed by atoms with Crippen LogP contribution in [0.5, 0.6) is 0 Å². The zero-order valence-electron chi connectivity index (χ0n) is 22.1. The summed E-state index contributed by atoms with van der Waals surface area (Å²) in [5, 5.41) is 6.42. The molecule has 3 heterocycles. The minimum absolute atomic E-state index is 0.309. The minimum Gasteiger partial charge on any atom is -0.378 e. The first kappa shape index (κ1) is 27.2. The average molecular weight is 516 g/mol. The number of aromatic nitrogens is 4. The van der Waals surface area contributed by atoms with Gasteiger partial charge in [0, 0.05) is 31.7 Å². The van der Waals surface area contributed by atoms with Crippen molar-refractivity contribution in [2.75, 3.05) is 50.1 Å². The predicted molar refractivity (Wildman–Crippen MR) is 144 cm³/mol. The van der Waals surface area contributed by atoms with Gasteiger partial charge in [0.15, 0.2) is 5.82 Å². The molecule has 0 unspecified atom stereocenters. The van der Waals surface area contributed by atoms with Crippen molar-refractivity contribution in [2.45, 2.75) is 58.4 Å². The maximum Gasteiger partial charge on any atom is 0.296 e. The molecule has 1 saturated carbocycles. The maximum absolute atomic E-state index is 13.9. The number of alkyl halides is 2. The van der Waals surface area contributed by atoms with Gasteiger partial charge in [-0.3, -0.25) is 4.57 Å². The fraction of sp³-hybridized carbons (Fsp3) is 0.593. The smallest absolute Gasteiger partial charge is 0.296 e. The lowest BCUT2D eigenvalue weighted by atomic mass is 9.89. The Hall–Kier alpha value is -2.85. The van der Waals surface area contributed by atoms with Crippen LogP contribution >= 0.6 is 0 Å². The fourth-order valence-corrected chi connectivity index (χ4v) is 4.63. The molecule has 0 atom stereocenters. The Bertz CT molecular complexity index is 1130. The zero-order chi connectivity index (χ0) is 26.2. The Balaban J connectivity index is 0.000000586. The molecule has 1 aliphatic carbocycles. The van der Waals surface area contributed by atoms with Gasteiger partial charge in [0.05, 0.1) is 24.2 Å².